The Kier molecular flexibility index (Phi) is 2.33. The van der Waals surface area contributed by atoms with Crippen molar-refractivity contribution in [2.45, 2.75) is 13.0 Å². The first-order chi connectivity index (χ1) is 5.27. The summed E-state index contributed by atoms with van der Waals surface area (Å²) in [5.74, 6) is 1.17. The highest BCUT2D eigenvalue weighted by molar-refractivity contribution is 5.43. The molecule has 0 amide bonds. The van der Waals surface area contributed by atoms with E-state index in [2.05, 4.69) is 6.58 Å². The monoisotopic (exact) mass is 153 g/mol. The van der Waals surface area contributed by atoms with E-state index in [1.807, 2.05) is 0 Å². The van der Waals surface area contributed by atoms with Gasteiger partial charge in [-0.2, -0.15) is 0 Å². The molecule has 1 aromatic rings. The molecule has 1 aromatic heterocycles. The summed E-state index contributed by atoms with van der Waals surface area (Å²) < 4.78 is 5.16. The lowest BCUT2D eigenvalue weighted by molar-refractivity contribution is 0.245. The van der Waals surface area contributed by atoms with Gasteiger partial charge in [0.15, 0.2) is 5.76 Å². The van der Waals surface area contributed by atoms with Crippen LogP contribution in [0.25, 0.3) is 0 Å². The third kappa shape index (κ3) is 1.62. The van der Waals surface area contributed by atoms with E-state index in [4.69, 9.17) is 15.3 Å². The van der Waals surface area contributed by atoms with Gasteiger partial charge in [-0.25, -0.2) is 0 Å². The largest absolute Gasteiger partial charge is 0.461 e. The molecular weight excluding hydrogens is 142 g/mol. The Morgan fingerprint density at radius 1 is 1.73 bits per heavy atom. The van der Waals surface area contributed by atoms with Crippen molar-refractivity contribution in [2.75, 3.05) is 5.73 Å². The molecular formula is C8H11NO2. The summed E-state index contributed by atoms with van der Waals surface area (Å²) in [5, 5.41) is 8.70. The zero-order chi connectivity index (χ0) is 8.27. The van der Waals surface area contributed by atoms with Crippen molar-refractivity contribution >= 4 is 5.69 Å². The molecule has 0 aliphatic heterocycles. The van der Waals surface area contributed by atoms with Crippen LogP contribution in [0.1, 0.15) is 11.5 Å². The Balaban J connectivity index is 2.85. The molecule has 3 nitrogen and oxygen atoms in total. The summed E-state index contributed by atoms with van der Waals surface area (Å²) in [7, 11) is 0. The highest BCUT2D eigenvalue weighted by Gasteiger charge is 2.04. The predicted octanol–water partition coefficient (Wildman–Crippen LogP) is 1.08. The number of hydrogen-bond donors (Lipinski definition) is 2. The Morgan fingerprint density at radius 2 is 2.45 bits per heavy atom. The van der Waals surface area contributed by atoms with E-state index >= 15 is 0 Å². The summed E-state index contributed by atoms with van der Waals surface area (Å²) >= 11 is 0. The maximum atomic E-state index is 8.70. The fraction of sp³-hybridized carbons (Fsp3) is 0.250. The molecule has 0 spiro atoms. The second kappa shape index (κ2) is 3.25. The number of aliphatic hydroxyl groups is 1. The highest BCUT2D eigenvalue weighted by Crippen LogP contribution is 2.17. The highest BCUT2D eigenvalue weighted by atomic mass is 16.4. The lowest BCUT2D eigenvalue weighted by Crippen LogP contribution is -1.87. The number of hydrogen-bond acceptors (Lipinski definition) is 3. The van der Waals surface area contributed by atoms with Crippen LogP contribution in [0.5, 0.6) is 0 Å². The van der Waals surface area contributed by atoms with Gasteiger partial charge in [0.25, 0.3) is 0 Å². The fourth-order valence-electron chi connectivity index (χ4n) is 0.867. The van der Waals surface area contributed by atoms with E-state index in [-0.39, 0.29) is 6.61 Å². The summed E-state index contributed by atoms with van der Waals surface area (Å²) in [6.07, 6.45) is 2.36. The van der Waals surface area contributed by atoms with Gasteiger partial charge in [-0.1, -0.05) is 6.08 Å². The van der Waals surface area contributed by atoms with Gasteiger partial charge in [-0.15, -0.1) is 6.58 Å². The summed E-state index contributed by atoms with van der Waals surface area (Å²) in [6, 6.07) is 1.70. The molecule has 0 bridgehead atoms. The van der Waals surface area contributed by atoms with Gasteiger partial charge in [0, 0.05) is 12.5 Å². The maximum absolute atomic E-state index is 8.70. The SMILES string of the molecule is C=CCc1cc(N)c(CO)o1. The molecule has 1 rings (SSSR count). The summed E-state index contributed by atoms with van der Waals surface area (Å²) in [4.78, 5) is 0. The van der Waals surface area contributed by atoms with Crippen molar-refractivity contribution in [2.24, 2.45) is 0 Å². The van der Waals surface area contributed by atoms with Crippen molar-refractivity contribution in [1.82, 2.24) is 0 Å². The van der Waals surface area contributed by atoms with Gasteiger partial charge in [-0.3, -0.25) is 0 Å². The van der Waals surface area contributed by atoms with E-state index < -0.39 is 0 Å². The fourth-order valence-corrected chi connectivity index (χ4v) is 0.867. The van der Waals surface area contributed by atoms with Crippen LogP contribution < -0.4 is 5.73 Å². The van der Waals surface area contributed by atoms with E-state index in [1.54, 1.807) is 12.1 Å². The van der Waals surface area contributed by atoms with Crippen LogP contribution in [-0.4, -0.2) is 5.11 Å². The van der Waals surface area contributed by atoms with Gasteiger partial charge in [0.05, 0.1) is 5.69 Å². The zero-order valence-electron chi connectivity index (χ0n) is 6.21. The maximum Gasteiger partial charge on any atom is 0.152 e. The van der Waals surface area contributed by atoms with Gasteiger partial charge < -0.3 is 15.3 Å². The van der Waals surface area contributed by atoms with Crippen LogP contribution in [0.4, 0.5) is 5.69 Å². The molecule has 0 fully saturated rings. The average Bonchev–Trinajstić information content (AvgIpc) is 2.32. The molecule has 0 radical (unpaired) electrons. The Morgan fingerprint density at radius 3 is 2.91 bits per heavy atom. The lowest BCUT2D eigenvalue weighted by Gasteiger charge is -1.89. The van der Waals surface area contributed by atoms with Crippen LogP contribution in [0.2, 0.25) is 0 Å². The standard InChI is InChI=1S/C8H11NO2/c1-2-3-6-4-7(9)8(5-10)11-6/h2,4,10H,1,3,5,9H2. The lowest BCUT2D eigenvalue weighted by atomic mass is 10.3. The first kappa shape index (κ1) is 7.88. The van der Waals surface area contributed by atoms with Gasteiger partial charge in [-0.05, 0) is 0 Å². The molecule has 3 N–H and O–H groups in total. The third-order valence-electron chi connectivity index (χ3n) is 1.38. The van der Waals surface area contributed by atoms with E-state index in [0.717, 1.165) is 5.76 Å². The molecule has 60 valence electrons. The molecule has 0 saturated carbocycles. The second-order valence-electron chi connectivity index (χ2n) is 2.24. The molecule has 0 unspecified atom stereocenters. The van der Waals surface area contributed by atoms with E-state index in [9.17, 15) is 0 Å². The van der Waals surface area contributed by atoms with Gasteiger partial charge >= 0.3 is 0 Å². The smallest absolute Gasteiger partial charge is 0.152 e. The molecule has 0 saturated heterocycles. The van der Waals surface area contributed by atoms with Crippen LogP contribution in [0.3, 0.4) is 0 Å². The Bertz CT molecular complexity index is 253. The minimum atomic E-state index is -0.150. The van der Waals surface area contributed by atoms with Crippen molar-refractivity contribution in [3.8, 4) is 0 Å². The van der Waals surface area contributed by atoms with Gasteiger partial charge in [0.2, 0.25) is 0 Å². The van der Waals surface area contributed by atoms with Gasteiger partial charge in [0.1, 0.15) is 12.4 Å². The molecule has 0 aliphatic carbocycles. The number of allylic oxidation sites excluding steroid dienone is 1. The number of anilines is 1. The predicted molar refractivity (Wildman–Crippen MR) is 42.9 cm³/mol. The molecule has 1 heterocycles. The zero-order valence-corrected chi connectivity index (χ0v) is 6.21. The van der Waals surface area contributed by atoms with Crippen molar-refractivity contribution in [3.05, 3.63) is 30.2 Å². The topological polar surface area (TPSA) is 59.4 Å². The number of nitrogens with two attached hydrogens (primary N) is 1. The Labute approximate surface area is 65.1 Å². The van der Waals surface area contributed by atoms with E-state index in [0.29, 0.717) is 17.9 Å². The van der Waals surface area contributed by atoms with Crippen molar-refractivity contribution in [1.29, 1.82) is 0 Å². The van der Waals surface area contributed by atoms with Crippen molar-refractivity contribution in [3.63, 3.8) is 0 Å². The van der Waals surface area contributed by atoms with E-state index in [1.165, 1.54) is 0 Å². The van der Waals surface area contributed by atoms with Crippen LogP contribution in [-0.2, 0) is 13.0 Å². The first-order valence-electron chi connectivity index (χ1n) is 3.36. The number of nitrogen functional groups attached to an aromatic ring is 1. The van der Waals surface area contributed by atoms with Crippen LogP contribution >= 0.6 is 0 Å². The average molecular weight is 153 g/mol. The van der Waals surface area contributed by atoms with Crippen LogP contribution in [0.15, 0.2) is 23.1 Å². The minimum absolute atomic E-state index is 0.150. The van der Waals surface area contributed by atoms with Crippen molar-refractivity contribution < 1.29 is 9.52 Å². The summed E-state index contributed by atoms with van der Waals surface area (Å²) in [6.45, 7) is 3.41. The molecule has 0 aromatic carbocycles. The third-order valence-corrected chi connectivity index (χ3v) is 1.38. The summed E-state index contributed by atoms with van der Waals surface area (Å²) in [5.41, 5.74) is 6.00. The minimum Gasteiger partial charge on any atom is -0.461 e. The molecule has 3 heteroatoms. The quantitative estimate of drug-likeness (QED) is 0.639. The first-order valence-corrected chi connectivity index (χ1v) is 3.36. The molecule has 0 aliphatic rings. The Hall–Kier alpha value is -1.22. The second-order valence-corrected chi connectivity index (χ2v) is 2.24. The van der Waals surface area contributed by atoms with Crippen LogP contribution in [0, 0.1) is 0 Å². The molecule has 0 atom stereocenters. The number of rotatable bonds is 3. The normalized spacial score (nSPS) is 9.91. The molecule has 11 heavy (non-hydrogen) atoms. The number of aliphatic hydroxyl groups excluding tert-OH is 1. The number of furan rings is 1.